The van der Waals surface area contributed by atoms with Crippen molar-refractivity contribution in [2.45, 2.75) is 25.5 Å². The first-order valence-electron chi connectivity index (χ1n) is 21.2. The summed E-state index contributed by atoms with van der Waals surface area (Å²) in [5, 5.41) is 5.81. The van der Waals surface area contributed by atoms with Crippen molar-refractivity contribution < 1.29 is 4.74 Å². The summed E-state index contributed by atoms with van der Waals surface area (Å²) in [6.07, 6.45) is -0.297. The van der Waals surface area contributed by atoms with Gasteiger partial charge >= 0.3 is 0 Å². The van der Waals surface area contributed by atoms with E-state index in [2.05, 4.69) is 198 Å². The molecular weight excluding hydrogens is 759 g/mol. The standard InChI is InChI=1S/C56H41N5O/c1-56(2)44-25-15-16-26-50(44)60(41-23-13-6-14-24-41)51-30-28-40(32-45(51)56)39-27-29-49-42(31-39)43-33-53-48(57-54(62-53)38-21-11-5-12-22-38)35-52(43)61(49)55-58-46(36-17-7-3-8-18-36)34-47(59-55)37-19-9-4-10-20-37/h3-35,54,57H,1-2H3. The highest BCUT2D eigenvalue weighted by Gasteiger charge is 2.37. The van der Waals surface area contributed by atoms with Crippen LogP contribution in [-0.2, 0) is 5.41 Å². The highest BCUT2D eigenvalue weighted by atomic mass is 16.5. The Morgan fingerprint density at radius 2 is 1.08 bits per heavy atom. The molecule has 1 atom stereocenters. The third kappa shape index (κ3) is 5.79. The van der Waals surface area contributed by atoms with Crippen LogP contribution in [0, 0.1) is 0 Å². The Hall–Kier alpha value is -7.96. The van der Waals surface area contributed by atoms with E-state index >= 15 is 0 Å². The maximum Gasteiger partial charge on any atom is 0.235 e. The number of nitrogens with one attached hydrogen (secondary N) is 1. The van der Waals surface area contributed by atoms with Gasteiger partial charge in [0.05, 0.1) is 39.5 Å². The number of para-hydroxylation sites is 2. The van der Waals surface area contributed by atoms with Gasteiger partial charge in [0, 0.05) is 38.6 Å². The Morgan fingerprint density at radius 3 is 1.79 bits per heavy atom. The number of anilines is 4. The van der Waals surface area contributed by atoms with Crippen molar-refractivity contribution in [2.75, 3.05) is 10.2 Å². The first-order valence-corrected chi connectivity index (χ1v) is 21.2. The molecule has 6 nitrogen and oxygen atoms in total. The monoisotopic (exact) mass is 799 g/mol. The summed E-state index contributed by atoms with van der Waals surface area (Å²) in [5.74, 6) is 1.42. The number of aromatic nitrogens is 3. The van der Waals surface area contributed by atoms with Crippen LogP contribution in [0.15, 0.2) is 200 Å². The third-order valence-corrected chi connectivity index (χ3v) is 12.6. The Morgan fingerprint density at radius 1 is 0.500 bits per heavy atom. The number of ether oxygens (including phenoxy) is 1. The molecule has 0 spiro atoms. The zero-order valence-electron chi connectivity index (χ0n) is 34.3. The van der Waals surface area contributed by atoms with Crippen LogP contribution in [0.3, 0.4) is 0 Å². The van der Waals surface area contributed by atoms with Crippen LogP contribution in [0.1, 0.15) is 36.8 Å². The number of benzene rings is 8. The summed E-state index contributed by atoms with van der Waals surface area (Å²) in [6, 6.07) is 70.8. The molecule has 2 aromatic heterocycles. The van der Waals surface area contributed by atoms with Gasteiger partial charge in [-0.25, -0.2) is 9.97 Å². The van der Waals surface area contributed by atoms with Gasteiger partial charge in [-0.05, 0) is 82.9 Å². The fraction of sp³-hybridized carbons (Fsp3) is 0.0714. The maximum atomic E-state index is 6.64. The molecule has 0 saturated heterocycles. The normalized spacial score (nSPS) is 14.8. The predicted octanol–water partition coefficient (Wildman–Crippen LogP) is 14.2. The minimum Gasteiger partial charge on any atom is -0.464 e. The van der Waals surface area contributed by atoms with E-state index in [1.54, 1.807) is 0 Å². The zero-order chi connectivity index (χ0) is 41.4. The van der Waals surface area contributed by atoms with Crippen LogP contribution < -0.4 is 15.0 Å². The number of hydrogen-bond donors (Lipinski definition) is 1. The molecule has 1 unspecified atom stereocenters. The van der Waals surface area contributed by atoms with Crippen LogP contribution in [0.2, 0.25) is 0 Å². The minimum atomic E-state index is -0.297. The lowest BCUT2D eigenvalue weighted by Crippen LogP contribution is -2.30. The second-order valence-electron chi connectivity index (χ2n) is 16.7. The van der Waals surface area contributed by atoms with Crippen molar-refractivity contribution in [3.8, 4) is 45.3 Å². The SMILES string of the molecule is CC1(C)c2ccccc2N(c2ccccc2)c2ccc(-c3ccc4c(c3)c3cc5c(cc3n4-c3nc(-c4ccccc4)cc(-c4ccccc4)n3)NC(c3ccccc3)O5)cc21. The van der Waals surface area contributed by atoms with Gasteiger partial charge in [0.2, 0.25) is 5.95 Å². The summed E-state index contributed by atoms with van der Waals surface area (Å²) in [6.45, 7) is 4.69. The molecule has 0 bridgehead atoms. The quantitative estimate of drug-likeness (QED) is 0.182. The lowest BCUT2D eigenvalue weighted by Gasteiger charge is -2.42. The third-order valence-electron chi connectivity index (χ3n) is 12.6. The Kier molecular flexibility index (Phi) is 8.16. The van der Waals surface area contributed by atoms with Crippen molar-refractivity contribution >= 4 is 44.6 Å². The fourth-order valence-electron chi connectivity index (χ4n) is 9.51. The van der Waals surface area contributed by atoms with E-state index < -0.39 is 0 Å². The van der Waals surface area contributed by atoms with Crippen molar-refractivity contribution in [1.82, 2.24) is 14.5 Å². The molecule has 12 rings (SSSR count). The fourth-order valence-corrected chi connectivity index (χ4v) is 9.51. The molecule has 0 saturated carbocycles. The summed E-state index contributed by atoms with van der Waals surface area (Å²) < 4.78 is 8.86. The molecule has 4 heterocycles. The van der Waals surface area contributed by atoms with Crippen molar-refractivity contribution in [2.24, 2.45) is 0 Å². The lowest BCUT2D eigenvalue weighted by atomic mass is 9.73. The van der Waals surface area contributed by atoms with Crippen LogP contribution in [0.25, 0.3) is 61.4 Å². The number of hydrogen-bond acceptors (Lipinski definition) is 5. The smallest absolute Gasteiger partial charge is 0.235 e. The van der Waals surface area contributed by atoms with Gasteiger partial charge in [0.1, 0.15) is 5.75 Å². The molecule has 296 valence electrons. The Bertz CT molecular complexity index is 3270. The van der Waals surface area contributed by atoms with Crippen LogP contribution in [0.4, 0.5) is 22.7 Å². The molecule has 6 heteroatoms. The summed E-state index contributed by atoms with van der Waals surface area (Å²) in [4.78, 5) is 13.0. The van der Waals surface area contributed by atoms with Crippen LogP contribution in [0.5, 0.6) is 5.75 Å². The molecule has 1 N–H and O–H groups in total. The number of rotatable bonds is 6. The van der Waals surface area contributed by atoms with E-state index in [4.69, 9.17) is 14.7 Å². The number of nitrogens with zero attached hydrogens (tertiary/aromatic N) is 4. The first-order chi connectivity index (χ1) is 30.5. The van der Waals surface area contributed by atoms with E-state index in [0.717, 1.165) is 78.1 Å². The summed E-state index contributed by atoms with van der Waals surface area (Å²) in [5.41, 5.74) is 16.0. The average Bonchev–Trinajstić information content (AvgIpc) is 3.90. The molecular formula is C56H41N5O. The van der Waals surface area contributed by atoms with E-state index in [1.807, 2.05) is 30.3 Å². The highest BCUT2D eigenvalue weighted by molar-refractivity contribution is 6.12. The molecule has 8 aromatic carbocycles. The number of fused-ring (bicyclic) bond motifs is 6. The van der Waals surface area contributed by atoms with E-state index in [-0.39, 0.29) is 11.6 Å². The highest BCUT2D eigenvalue weighted by Crippen LogP contribution is 2.53. The van der Waals surface area contributed by atoms with E-state index in [1.165, 1.54) is 22.5 Å². The second kappa shape index (κ2) is 14.1. The molecule has 0 fully saturated rings. The van der Waals surface area contributed by atoms with Crippen molar-refractivity contribution in [3.05, 3.63) is 217 Å². The van der Waals surface area contributed by atoms with E-state index in [0.29, 0.717) is 5.95 Å². The topological polar surface area (TPSA) is 55.2 Å². The molecule has 62 heavy (non-hydrogen) atoms. The van der Waals surface area contributed by atoms with Gasteiger partial charge in [-0.15, -0.1) is 0 Å². The lowest BCUT2D eigenvalue weighted by molar-refractivity contribution is 0.260. The average molecular weight is 800 g/mol. The Balaban J connectivity index is 1.06. The minimum absolute atomic E-state index is 0.231. The van der Waals surface area contributed by atoms with Crippen molar-refractivity contribution in [1.29, 1.82) is 0 Å². The maximum absolute atomic E-state index is 6.64. The van der Waals surface area contributed by atoms with Gasteiger partial charge in [-0.1, -0.05) is 153 Å². The second-order valence-corrected chi connectivity index (χ2v) is 16.7. The van der Waals surface area contributed by atoms with Crippen LogP contribution >= 0.6 is 0 Å². The van der Waals surface area contributed by atoms with Gasteiger partial charge in [0.15, 0.2) is 6.23 Å². The molecule has 0 amide bonds. The van der Waals surface area contributed by atoms with E-state index in [9.17, 15) is 0 Å². The predicted molar refractivity (Wildman–Crippen MR) is 253 cm³/mol. The van der Waals surface area contributed by atoms with Gasteiger partial charge < -0.3 is 15.0 Å². The van der Waals surface area contributed by atoms with Gasteiger partial charge in [-0.2, -0.15) is 0 Å². The molecule has 2 aliphatic heterocycles. The molecule has 10 aromatic rings. The van der Waals surface area contributed by atoms with Gasteiger partial charge in [-0.3, -0.25) is 4.57 Å². The van der Waals surface area contributed by atoms with Gasteiger partial charge in [0.25, 0.3) is 0 Å². The molecule has 0 radical (unpaired) electrons. The van der Waals surface area contributed by atoms with Crippen LogP contribution in [-0.4, -0.2) is 14.5 Å². The molecule has 2 aliphatic rings. The molecule has 0 aliphatic carbocycles. The Labute approximate surface area is 360 Å². The first kappa shape index (κ1) is 35.9. The summed E-state index contributed by atoms with van der Waals surface area (Å²) >= 11 is 0. The van der Waals surface area contributed by atoms with Crippen molar-refractivity contribution in [3.63, 3.8) is 0 Å². The zero-order valence-corrected chi connectivity index (χ0v) is 34.3. The summed E-state index contributed by atoms with van der Waals surface area (Å²) in [7, 11) is 0. The largest absolute Gasteiger partial charge is 0.464 e.